The van der Waals surface area contributed by atoms with Gasteiger partial charge in [-0.25, -0.2) is 9.78 Å². The lowest BCUT2D eigenvalue weighted by molar-refractivity contribution is 0.155. The predicted octanol–water partition coefficient (Wildman–Crippen LogP) is 7.19. The van der Waals surface area contributed by atoms with Crippen LogP contribution in [0.4, 0.5) is 21.9 Å². The van der Waals surface area contributed by atoms with E-state index in [1.165, 1.54) is 0 Å². The number of hydrazine groups is 1. The van der Waals surface area contributed by atoms with Crippen molar-refractivity contribution in [3.05, 3.63) is 108 Å². The molecule has 6 nitrogen and oxygen atoms in total. The minimum atomic E-state index is -0.485. The quantitative estimate of drug-likeness (QED) is 0.184. The van der Waals surface area contributed by atoms with Crippen LogP contribution in [-0.4, -0.2) is 11.1 Å². The van der Waals surface area contributed by atoms with E-state index in [4.69, 9.17) is 9.72 Å². The number of aryl methyl sites for hydroxylation is 2. The predicted molar refractivity (Wildman–Crippen MR) is 143 cm³/mol. The van der Waals surface area contributed by atoms with Gasteiger partial charge in [0.15, 0.2) is 0 Å². The van der Waals surface area contributed by atoms with E-state index < -0.39 is 6.09 Å². The first-order valence-corrected chi connectivity index (χ1v) is 11.5. The molecule has 5 rings (SSSR count). The van der Waals surface area contributed by atoms with E-state index in [-0.39, 0.29) is 6.61 Å². The highest BCUT2D eigenvalue weighted by Gasteiger charge is 2.09. The van der Waals surface area contributed by atoms with Crippen LogP contribution in [0.5, 0.6) is 0 Å². The third kappa shape index (κ3) is 5.17. The Balaban J connectivity index is 1.28. The summed E-state index contributed by atoms with van der Waals surface area (Å²) in [6.07, 6.45) is -0.485. The van der Waals surface area contributed by atoms with Gasteiger partial charge in [0.2, 0.25) is 0 Å². The Hall–Kier alpha value is -4.58. The summed E-state index contributed by atoms with van der Waals surface area (Å²) in [4.78, 5) is 17.1. The lowest BCUT2D eigenvalue weighted by Gasteiger charge is -2.15. The summed E-state index contributed by atoms with van der Waals surface area (Å²) in [6, 6.07) is 29.7. The second-order valence-electron chi connectivity index (χ2n) is 8.55. The molecule has 0 aliphatic heterocycles. The van der Waals surface area contributed by atoms with Crippen LogP contribution in [0, 0.1) is 13.8 Å². The number of nitrogens with one attached hydrogen (secondary N) is 3. The maximum atomic E-state index is 12.3. The van der Waals surface area contributed by atoms with Crippen molar-refractivity contribution in [1.82, 2.24) is 4.98 Å². The normalized spacial score (nSPS) is 10.8. The van der Waals surface area contributed by atoms with Crippen molar-refractivity contribution >= 4 is 45.0 Å². The van der Waals surface area contributed by atoms with Gasteiger partial charge >= 0.3 is 6.09 Å². The zero-order valence-electron chi connectivity index (χ0n) is 19.6. The molecule has 5 aromatic rings. The highest BCUT2D eigenvalue weighted by Crippen LogP contribution is 2.30. The highest BCUT2D eigenvalue weighted by atomic mass is 16.5. The standard InChI is InChI=1S/C29H26N4O2/c1-19-14-20(2)16-23(15-19)30-29(34)35-18-21-8-7-9-22(17-21)32-33-28-24-10-3-5-12-26(24)31-27-13-6-4-11-25(27)28/h3-17,32H,18H2,1-2H3,(H,30,34)(H,31,33). The number of rotatable bonds is 6. The second-order valence-corrected chi connectivity index (χ2v) is 8.55. The van der Waals surface area contributed by atoms with Gasteiger partial charge in [0.25, 0.3) is 0 Å². The SMILES string of the molecule is Cc1cc(C)cc(NC(=O)OCc2cccc(NNc3c4ccccc4nc4ccccc34)c2)c1. The summed E-state index contributed by atoms with van der Waals surface area (Å²) < 4.78 is 5.44. The molecule has 0 unspecified atom stereocenters. The van der Waals surface area contributed by atoms with Gasteiger partial charge in [0.05, 0.1) is 22.4 Å². The molecule has 0 bridgehead atoms. The Labute approximate surface area is 203 Å². The Morgan fingerprint density at radius 2 is 1.40 bits per heavy atom. The van der Waals surface area contributed by atoms with Gasteiger partial charge in [-0.3, -0.25) is 10.7 Å². The van der Waals surface area contributed by atoms with Crippen LogP contribution in [0.1, 0.15) is 16.7 Å². The summed E-state index contributed by atoms with van der Waals surface area (Å²) in [5, 5.41) is 4.85. The van der Waals surface area contributed by atoms with Crippen LogP contribution >= 0.6 is 0 Å². The van der Waals surface area contributed by atoms with Crippen LogP contribution in [0.15, 0.2) is 91.0 Å². The molecule has 3 N–H and O–H groups in total. The molecule has 0 saturated carbocycles. The number of anilines is 3. The summed E-state index contributed by atoms with van der Waals surface area (Å²) in [5.41, 5.74) is 14.1. The average Bonchev–Trinajstić information content (AvgIpc) is 2.85. The fraction of sp³-hybridized carbons (Fsp3) is 0.103. The summed E-state index contributed by atoms with van der Waals surface area (Å²) in [6.45, 7) is 4.15. The van der Waals surface area contributed by atoms with E-state index in [9.17, 15) is 4.79 Å². The van der Waals surface area contributed by atoms with Gasteiger partial charge in [-0.2, -0.15) is 0 Å². The van der Waals surface area contributed by atoms with Crippen LogP contribution < -0.4 is 16.2 Å². The zero-order chi connectivity index (χ0) is 24.2. The molecule has 174 valence electrons. The number of hydrogen-bond acceptors (Lipinski definition) is 5. The van der Waals surface area contributed by atoms with E-state index in [2.05, 4.69) is 34.4 Å². The Kier molecular flexibility index (Phi) is 6.18. The Morgan fingerprint density at radius 3 is 2.09 bits per heavy atom. The molecule has 0 aliphatic carbocycles. The number of carbonyl (C=O) groups excluding carboxylic acids is 1. The molecule has 4 aromatic carbocycles. The molecular formula is C29H26N4O2. The molecule has 35 heavy (non-hydrogen) atoms. The molecule has 0 saturated heterocycles. The van der Waals surface area contributed by atoms with Crippen molar-refractivity contribution in [3.63, 3.8) is 0 Å². The van der Waals surface area contributed by atoms with Crippen molar-refractivity contribution in [2.45, 2.75) is 20.5 Å². The number of nitrogens with zero attached hydrogens (tertiary/aromatic N) is 1. The molecule has 6 heteroatoms. The maximum Gasteiger partial charge on any atom is 0.411 e. The molecule has 0 radical (unpaired) electrons. The van der Waals surface area contributed by atoms with E-state index >= 15 is 0 Å². The topological polar surface area (TPSA) is 75.3 Å². The van der Waals surface area contributed by atoms with Crippen LogP contribution in [-0.2, 0) is 11.3 Å². The number of fused-ring (bicyclic) bond motifs is 2. The Bertz CT molecular complexity index is 1460. The molecular weight excluding hydrogens is 436 g/mol. The fourth-order valence-electron chi connectivity index (χ4n) is 4.20. The molecule has 1 heterocycles. The number of amides is 1. The lowest BCUT2D eigenvalue weighted by Crippen LogP contribution is -2.14. The average molecular weight is 463 g/mol. The molecule has 1 amide bonds. The largest absolute Gasteiger partial charge is 0.444 e. The van der Waals surface area contributed by atoms with E-state index in [1.54, 1.807) is 0 Å². The summed E-state index contributed by atoms with van der Waals surface area (Å²) in [7, 11) is 0. The van der Waals surface area contributed by atoms with Gasteiger partial charge in [-0.1, -0.05) is 54.6 Å². The fourth-order valence-corrected chi connectivity index (χ4v) is 4.20. The zero-order valence-corrected chi connectivity index (χ0v) is 19.6. The summed E-state index contributed by atoms with van der Waals surface area (Å²) >= 11 is 0. The number of hydrogen-bond donors (Lipinski definition) is 3. The number of pyridine rings is 1. The highest BCUT2D eigenvalue weighted by molar-refractivity contribution is 6.07. The van der Waals surface area contributed by atoms with Crippen molar-refractivity contribution in [3.8, 4) is 0 Å². The number of aromatic nitrogens is 1. The van der Waals surface area contributed by atoms with E-state index in [0.717, 1.165) is 55.6 Å². The number of benzene rings is 4. The lowest BCUT2D eigenvalue weighted by atomic mass is 10.1. The van der Waals surface area contributed by atoms with Crippen LogP contribution in [0.3, 0.4) is 0 Å². The maximum absolute atomic E-state index is 12.3. The first kappa shape index (κ1) is 22.2. The Morgan fingerprint density at radius 1 is 0.743 bits per heavy atom. The van der Waals surface area contributed by atoms with Crippen molar-refractivity contribution in [1.29, 1.82) is 0 Å². The molecule has 0 atom stereocenters. The van der Waals surface area contributed by atoms with E-state index in [0.29, 0.717) is 0 Å². The molecule has 1 aromatic heterocycles. The first-order valence-electron chi connectivity index (χ1n) is 11.5. The molecule has 0 spiro atoms. The minimum absolute atomic E-state index is 0.160. The third-order valence-electron chi connectivity index (χ3n) is 5.68. The van der Waals surface area contributed by atoms with Crippen LogP contribution in [0.2, 0.25) is 0 Å². The second kappa shape index (κ2) is 9.73. The van der Waals surface area contributed by atoms with E-state index in [1.807, 2.05) is 86.6 Å². The van der Waals surface area contributed by atoms with Gasteiger partial charge < -0.3 is 10.2 Å². The van der Waals surface area contributed by atoms with Gasteiger partial charge in [0.1, 0.15) is 6.61 Å². The smallest absolute Gasteiger partial charge is 0.411 e. The first-order chi connectivity index (χ1) is 17.0. The number of para-hydroxylation sites is 2. The van der Waals surface area contributed by atoms with Crippen LogP contribution in [0.25, 0.3) is 21.8 Å². The summed E-state index contributed by atoms with van der Waals surface area (Å²) in [5.74, 6) is 0. The monoisotopic (exact) mass is 462 g/mol. The van der Waals surface area contributed by atoms with Gasteiger partial charge in [0, 0.05) is 16.5 Å². The number of carbonyl (C=O) groups is 1. The minimum Gasteiger partial charge on any atom is -0.444 e. The third-order valence-corrected chi connectivity index (χ3v) is 5.68. The molecule has 0 fully saturated rings. The number of ether oxygens (including phenoxy) is 1. The van der Waals surface area contributed by atoms with Crippen molar-refractivity contribution in [2.75, 3.05) is 16.2 Å². The molecule has 0 aliphatic rings. The van der Waals surface area contributed by atoms with Crippen molar-refractivity contribution in [2.24, 2.45) is 0 Å². The van der Waals surface area contributed by atoms with Gasteiger partial charge in [-0.15, -0.1) is 0 Å². The van der Waals surface area contributed by atoms with Crippen molar-refractivity contribution < 1.29 is 9.53 Å². The van der Waals surface area contributed by atoms with Gasteiger partial charge in [-0.05, 0) is 66.9 Å².